The Morgan fingerprint density at radius 1 is 1.18 bits per heavy atom. The van der Waals surface area contributed by atoms with Crippen LogP contribution in [0.5, 0.6) is 0 Å². The molecular formula is C20H25ClN4O3. The number of hydrogen-bond acceptors (Lipinski definition) is 4. The fraction of sp³-hybridized carbons (Fsp3) is 0.400. The molecule has 0 spiro atoms. The SMILES string of the molecule is Cc1c(Cl)cccc1NC(=O)C(=O)NCC(c1cccn1C)N1CCOCC1. The van der Waals surface area contributed by atoms with Crippen LogP contribution in [0.3, 0.4) is 0 Å². The molecule has 2 heterocycles. The maximum absolute atomic E-state index is 12.4. The smallest absolute Gasteiger partial charge is 0.313 e. The van der Waals surface area contributed by atoms with Crippen molar-refractivity contribution in [1.82, 2.24) is 14.8 Å². The van der Waals surface area contributed by atoms with E-state index in [2.05, 4.69) is 15.5 Å². The predicted molar refractivity (Wildman–Crippen MR) is 108 cm³/mol. The molecule has 0 bridgehead atoms. The lowest BCUT2D eigenvalue weighted by atomic mass is 10.1. The Morgan fingerprint density at radius 3 is 2.61 bits per heavy atom. The Bertz CT molecular complexity index is 846. The maximum Gasteiger partial charge on any atom is 0.313 e. The van der Waals surface area contributed by atoms with E-state index in [1.165, 1.54) is 0 Å². The molecule has 1 aromatic carbocycles. The lowest BCUT2D eigenvalue weighted by Gasteiger charge is -2.34. The molecule has 150 valence electrons. The van der Waals surface area contributed by atoms with Crippen molar-refractivity contribution in [3.63, 3.8) is 0 Å². The molecule has 1 atom stereocenters. The zero-order chi connectivity index (χ0) is 20.1. The summed E-state index contributed by atoms with van der Waals surface area (Å²) in [6.45, 7) is 4.99. The predicted octanol–water partition coefficient (Wildman–Crippen LogP) is 2.12. The van der Waals surface area contributed by atoms with Crippen molar-refractivity contribution in [2.24, 2.45) is 7.05 Å². The van der Waals surface area contributed by atoms with Crippen molar-refractivity contribution in [3.8, 4) is 0 Å². The summed E-state index contributed by atoms with van der Waals surface area (Å²) >= 11 is 6.07. The Hall–Kier alpha value is -2.35. The molecule has 28 heavy (non-hydrogen) atoms. The Morgan fingerprint density at radius 2 is 1.93 bits per heavy atom. The first kappa shape index (κ1) is 20.4. The third kappa shape index (κ3) is 4.73. The molecule has 0 radical (unpaired) electrons. The number of aromatic nitrogens is 1. The number of rotatable bonds is 5. The van der Waals surface area contributed by atoms with Crippen LogP contribution >= 0.6 is 11.6 Å². The molecule has 1 aliphatic rings. The number of aryl methyl sites for hydroxylation is 1. The van der Waals surface area contributed by atoms with Crippen molar-refractivity contribution in [3.05, 3.63) is 52.8 Å². The third-order valence-electron chi connectivity index (χ3n) is 4.99. The molecule has 1 unspecified atom stereocenters. The number of ether oxygens (including phenoxy) is 1. The van der Waals surface area contributed by atoms with E-state index < -0.39 is 11.8 Å². The summed E-state index contributed by atoms with van der Waals surface area (Å²) < 4.78 is 7.47. The molecule has 7 nitrogen and oxygen atoms in total. The number of carbonyl (C=O) groups excluding carboxylic acids is 2. The average molecular weight is 405 g/mol. The highest BCUT2D eigenvalue weighted by Crippen LogP contribution is 2.23. The summed E-state index contributed by atoms with van der Waals surface area (Å²) in [6, 6.07) is 9.15. The van der Waals surface area contributed by atoms with Crippen molar-refractivity contribution < 1.29 is 14.3 Å². The second kappa shape index (κ2) is 9.23. The Labute approximate surface area is 169 Å². The number of anilines is 1. The zero-order valence-electron chi connectivity index (χ0n) is 16.1. The van der Waals surface area contributed by atoms with Gasteiger partial charge >= 0.3 is 11.8 Å². The van der Waals surface area contributed by atoms with Gasteiger partial charge in [-0.15, -0.1) is 0 Å². The highest BCUT2D eigenvalue weighted by Gasteiger charge is 2.26. The third-order valence-corrected chi connectivity index (χ3v) is 5.40. The molecule has 1 aromatic heterocycles. The molecule has 1 saturated heterocycles. The first-order chi connectivity index (χ1) is 13.5. The van der Waals surface area contributed by atoms with Crippen molar-refractivity contribution in [1.29, 1.82) is 0 Å². The van der Waals surface area contributed by atoms with Crippen LogP contribution < -0.4 is 10.6 Å². The number of nitrogens with one attached hydrogen (secondary N) is 2. The minimum absolute atomic E-state index is 0.0337. The lowest BCUT2D eigenvalue weighted by molar-refractivity contribution is -0.136. The van der Waals surface area contributed by atoms with Crippen LogP contribution in [-0.2, 0) is 21.4 Å². The molecule has 3 rings (SSSR count). The average Bonchev–Trinajstić information content (AvgIpc) is 3.12. The van der Waals surface area contributed by atoms with Crippen LogP contribution in [0.25, 0.3) is 0 Å². The summed E-state index contributed by atoms with van der Waals surface area (Å²) in [5.41, 5.74) is 2.33. The van der Waals surface area contributed by atoms with E-state index in [1.807, 2.05) is 29.9 Å². The van der Waals surface area contributed by atoms with Gasteiger partial charge in [-0.1, -0.05) is 17.7 Å². The number of halogens is 1. The van der Waals surface area contributed by atoms with E-state index in [-0.39, 0.29) is 6.04 Å². The van der Waals surface area contributed by atoms with Crippen molar-refractivity contribution in [2.75, 3.05) is 38.2 Å². The summed E-state index contributed by atoms with van der Waals surface area (Å²) in [7, 11) is 1.97. The van der Waals surface area contributed by atoms with Gasteiger partial charge in [-0.3, -0.25) is 14.5 Å². The van der Waals surface area contributed by atoms with Gasteiger partial charge in [-0.25, -0.2) is 0 Å². The van der Waals surface area contributed by atoms with Crippen molar-refractivity contribution >= 4 is 29.1 Å². The summed E-state index contributed by atoms with van der Waals surface area (Å²) in [5, 5.41) is 5.93. The van der Waals surface area contributed by atoms with E-state index >= 15 is 0 Å². The highest BCUT2D eigenvalue weighted by molar-refractivity contribution is 6.40. The van der Waals surface area contributed by atoms with E-state index in [9.17, 15) is 9.59 Å². The largest absolute Gasteiger partial charge is 0.379 e. The first-order valence-electron chi connectivity index (χ1n) is 9.24. The number of hydrogen-bond donors (Lipinski definition) is 2. The molecule has 8 heteroatoms. The summed E-state index contributed by atoms with van der Waals surface area (Å²) in [5.74, 6) is -1.38. The van der Waals surface area contributed by atoms with Gasteiger partial charge < -0.3 is 19.9 Å². The van der Waals surface area contributed by atoms with Gasteiger partial charge in [0.25, 0.3) is 0 Å². The Kier molecular flexibility index (Phi) is 6.72. The van der Waals surface area contributed by atoms with E-state index in [4.69, 9.17) is 16.3 Å². The highest BCUT2D eigenvalue weighted by atomic mass is 35.5. The second-order valence-electron chi connectivity index (χ2n) is 6.78. The van der Waals surface area contributed by atoms with Crippen LogP contribution in [0.4, 0.5) is 5.69 Å². The number of carbonyl (C=O) groups is 2. The number of morpholine rings is 1. The van der Waals surface area contributed by atoms with Crippen LogP contribution in [0.2, 0.25) is 5.02 Å². The lowest BCUT2D eigenvalue weighted by Crippen LogP contribution is -2.46. The quantitative estimate of drug-likeness (QED) is 0.748. The van der Waals surface area contributed by atoms with E-state index in [0.29, 0.717) is 30.5 Å². The second-order valence-corrected chi connectivity index (χ2v) is 7.19. The Balaban J connectivity index is 1.65. The fourth-order valence-electron chi connectivity index (χ4n) is 3.32. The maximum atomic E-state index is 12.4. The van der Waals surface area contributed by atoms with Gasteiger partial charge in [0.15, 0.2) is 0 Å². The molecule has 1 fully saturated rings. The molecule has 2 amide bonds. The van der Waals surface area contributed by atoms with E-state index in [1.54, 1.807) is 25.1 Å². The molecular weight excluding hydrogens is 380 g/mol. The molecule has 2 N–H and O–H groups in total. The van der Waals surface area contributed by atoms with Gasteiger partial charge in [0.1, 0.15) is 0 Å². The van der Waals surface area contributed by atoms with Gasteiger partial charge in [-0.2, -0.15) is 0 Å². The van der Waals surface area contributed by atoms with Gasteiger partial charge in [-0.05, 0) is 36.8 Å². The number of amides is 2. The monoisotopic (exact) mass is 404 g/mol. The number of benzene rings is 1. The van der Waals surface area contributed by atoms with Crippen LogP contribution in [0.1, 0.15) is 17.3 Å². The minimum atomic E-state index is -0.710. The van der Waals surface area contributed by atoms with Crippen LogP contribution in [0, 0.1) is 6.92 Å². The molecule has 0 saturated carbocycles. The van der Waals surface area contributed by atoms with Gasteiger partial charge in [0, 0.05) is 49.3 Å². The topological polar surface area (TPSA) is 75.6 Å². The normalized spacial score (nSPS) is 15.8. The van der Waals surface area contributed by atoms with Crippen LogP contribution in [0.15, 0.2) is 36.5 Å². The molecule has 1 aliphatic heterocycles. The first-order valence-corrected chi connectivity index (χ1v) is 9.62. The molecule has 2 aromatic rings. The zero-order valence-corrected chi connectivity index (χ0v) is 16.8. The van der Waals surface area contributed by atoms with Crippen molar-refractivity contribution in [2.45, 2.75) is 13.0 Å². The molecule has 0 aliphatic carbocycles. The fourth-order valence-corrected chi connectivity index (χ4v) is 3.50. The summed E-state index contributed by atoms with van der Waals surface area (Å²) in [6.07, 6.45) is 1.97. The van der Waals surface area contributed by atoms with Gasteiger partial charge in [0.05, 0.1) is 19.3 Å². The van der Waals surface area contributed by atoms with Gasteiger partial charge in [0.2, 0.25) is 0 Å². The van der Waals surface area contributed by atoms with E-state index in [0.717, 1.165) is 24.3 Å². The number of nitrogens with zero attached hydrogens (tertiary/aromatic N) is 2. The summed E-state index contributed by atoms with van der Waals surface area (Å²) in [4.78, 5) is 27.0. The van der Waals surface area contributed by atoms with Crippen LogP contribution in [-0.4, -0.2) is 54.1 Å². The standard InChI is InChI=1S/C20H25ClN4O3/c1-14-15(21)5-3-6-16(14)23-20(27)19(26)22-13-18(17-7-4-8-24(17)2)25-9-11-28-12-10-25/h3-8,18H,9-13H2,1-2H3,(H,22,26)(H,23,27). The minimum Gasteiger partial charge on any atom is -0.379 e.